The molecule has 0 radical (unpaired) electrons. The SMILES string of the molecule is Cc1cn(CC(O)(CF)CC(C)(C)c2ccc(C#N)cc2)c2ccccc2c1=O. The molecule has 3 rings (SSSR count). The topological polar surface area (TPSA) is 66.0 Å². The lowest BCUT2D eigenvalue weighted by Crippen LogP contribution is -2.42. The van der Waals surface area contributed by atoms with Gasteiger partial charge in [0, 0.05) is 17.1 Å². The molecule has 0 aliphatic rings. The summed E-state index contributed by atoms with van der Waals surface area (Å²) in [5, 5.41) is 20.7. The Morgan fingerprint density at radius 1 is 1.14 bits per heavy atom. The molecule has 0 fully saturated rings. The summed E-state index contributed by atoms with van der Waals surface area (Å²) < 4.78 is 15.9. The van der Waals surface area contributed by atoms with E-state index in [0.29, 0.717) is 22.0 Å². The van der Waals surface area contributed by atoms with E-state index in [1.165, 1.54) is 0 Å². The van der Waals surface area contributed by atoms with Crippen molar-refractivity contribution in [3.8, 4) is 6.07 Å². The lowest BCUT2D eigenvalue weighted by Gasteiger charge is -2.36. The Bertz CT molecular complexity index is 1130. The Kier molecular flexibility index (Phi) is 5.59. The average molecular weight is 392 g/mol. The highest BCUT2D eigenvalue weighted by molar-refractivity contribution is 5.79. The monoisotopic (exact) mass is 392 g/mol. The first kappa shape index (κ1) is 20.8. The van der Waals surface area contributed by atoms with Crippen molar-refractivity contribution in [1.29, 1.82) is 5.26 Å². The largest absolute Gasteiger partial charge is 0.385 e. The molecular formula is C24H25FN2O2. The zero-order valence-electron chi connectivity index (χ0n) is 16.9. The van der Waals surface area contributed by atoms with Crippen LogP contribution in [0.4, 0.5) is 4.39 Å². The van der Waals surface area contributed by atoms with Gasteiger partial charge in [-0.2, -0.15) is 5.26 Å². The molecule has 2 aromatic carbocycles. The summed E-state index contributed by atoms with van der Waals surface area (Å²) in [6.07, 6.45) is 1.86. The molecule has 29 heavy (non-hydrogen) atoms. The zero-order valence-corrected chi connectivity index (χ0v) is 16.9. The second kappa shape index (κ2) is 7.81. The number of aliphatic hydroxyl groups is 1. The number of aryl methyl sites for hydroxylation is 1. The highest BCUT2D eigenvalue weighted by Gasteiger charge is 2.36. The number of nitriles is 1. The van der Waals surface area contributed by atoms with Crippen LogP contribution in [-0.2, 0) is 12.0 Å². The second-order valence-electron chi connectivity index (χ2n) is 8.39. The standard InChI is InChI=1S/C24H25FN2O2/c1-17-13-27(21-7-5-4-6-20(21)22(17)28)16-24(29,15-25)14-23(2,3)19-10-8-18(12-26)9-11-19/h4-11,13,29H,14-16H2,1-3H3. The van der Waals surface area contributed by atoms with Gasteiger partial charge in [0.1, 0.15) is 12.3 Å². The maximum atomic E-state index is 14.1. The highest BCUT2D eigenvalue weighted by atomic mass is 19.1. The number of aromatic nitrogens is 1. The Morgan fingerprint density at radius 3 is 2.41 bits per heavy atom. The van der Waals surface area contributed by atoms with E-state index >= 15 is 0 Å². The maximum absolute atomic E-state index is 14.1. The molecule has 1 unspecified atom stereocenters. The Labute approximate surface area is 169 Å². The molecular weight excluding hydrogens is 367 g/mol. The molecule has 1 heterocycles. The summed E-state index contributed by atoms with van der Waals surface area (Å²) in [5.41, 5.74) is 0.520. The van der Waals surface area contributed by atoms with Crippen molar-refractivity contribution in [2.75, 3.05) is 6.67 Å². The van der Waals surface area contributed by atoms with Crippen LogP contribution in [0.1, 0.15) is 37.0 Å². The lowest BCUT2D eigenvalue weighted by molar-refractivity contribution is -0.0226. The zero-order chi connectivity index (χ0) is 21.2. The third kappa shape index (κ3) is 4.23. The first-order valence-corrected chi connectivity index (χ1v) is 9.57. The molecule has 5 heteroatoms. The number of halogens is 1. The number of hydrogen-bond donors (Lipinski definition) is 1. The molecule has 150 valence electrons. The molecule has 0 aliphatic carbocycles. The summed E-state index contributed by atoms with van der Waals surface area (Å²) >= 11 is 0. The van der Waals surface area contributed by atoms with Crippen molar-refractivity contribution in [3.63, 3.8) is 0 Å². The molecule has 0 spiro atoms. The van der Waals surface area contributed by atoms with E-state index in [-0.39, 0.29) is 18.4 Å². The van der Waals surface area contributed by atoms with Gasteiger partial charge in [-0.3, -0.25) is 4.79 Å². The first-order chi connectivity index (χ1) is 13.7. The number of para-hydroxylation sites is 1. The molecule has 0 bridgehead atoms. The second-order valence-corrected chi connectivity index (χ2v) is 8.39. The van der Waals surface area contributed by atoms with Crippen molar-refractivity contribution in [2.24, 2.45) is 0 Å². The summed E-state index contributed by atoms with van der Waals surface area (Å²) in [7, 11) is 0. The van der Waals surface area contributed by atoms with Crippen LogP contribution < -0.4 is 5.43 Å². The summed E-state index contributed by atoms with van der Waals surface area (Å²) in [6.45, 7) is 4.74. The normalized spacial score (nSPS) is 13.8. The van der Waals surface area contributed by atoms with E-state index in [0.717, 1.165) is 5.56 Å². The highest BCUT2D eigenvalue weighted by Crippen LogP contribution is 2.34. The molecule has 4 nitrogen and oxygen atoms in total. The Balaban J connectivity index is 1.96. The van der Waals surface area contributed by atoms with Crippen LogP contribution in [0.3, 0.4) is 0 Å². The van der Waals surface area contributed by atoms with Gasteiger partial charge < -0.3 is 9.67 Å². The first-order valence-electron chi connectivity index (χ1n) is 9.57. The van der Waals surface area contributed by atoms with E-state index in [2.05, 4.69) is 6.07 Å². The fourth-order valence-electron chi connectivity index (χ4n) is 4.00. The third-order valence-corrected chi connectivity index (χ3v) is 5.45. The molecule has 0 amide bonds. The minimum atomic E-state index is -1.61. The summed E-state index contributed by atoms with van der Waals surface area (Å²) in [4.78, 5) is 12.4. The van der Waals surface area contributed by atoms with Gasteiger partial charge in [-0.1, -0.05) is 38.1 Å². The van der Waals surface area contributed by atoms with Gasteiger partial charge >= 0.3 is 0 Å². The van der Waals surface area contributed by atoms with Crippen molar-refractivity contribution in [3.05, 3.63) is 81.6 Å². The van der Waals surface area contributed by atoms with Gasteiger partial charge in [0.2, 0.25) is 0 Å². The molecule has 1 N–H and O–H groups in total. The molecule has 1 atom stereocenters. The molecule has 0 aliphatic heterocycles. The van der Waals surface area contributed by atoms with E-state index in [1.807, 2.05) is 32.0 Å². The van der Waals surface area contributed by atoms with Gasteiger partial charge in [0.15, 0.2) is 5.43 Å². The van der Waals surface area contributed by atoms with Crippen LogP contribution in [-0.4, -0.2) is 21.9 Å². The number of hydrogen-bond acceptors (Lipinski definition) is 3. The minimum absolute atomic E-state index is 0.0326. The number of benzene rings is 2. The van der Waals surface area contributed by atoms with Gasteiger partial charge in [-0.05, 0) is 48.6 Å². The van der Waals surface area contributed by atoms with E-state index in [9.17, 15) is 14.3 Å². The van der Waals surface area contributed by atoms with E-state index in [1.54, 1.807) is 48.0 Å². The van der Waals surface area contributed by atoms with E-state index in [4.69, 9.17) is 5.26 Å². The third-order valence-electron chi connectivity index (χ3n) is 5.45. The van der Waals surface area contributed by atoms with Gasteiger partial charge in [0.05, 0.1) is 23.7 Å². The fraction of sp³-hybridized carbons (Fsp3) is 0.333. The fourth-order valence-corrected chi connectivity index (χ4v) is 4.00. The van der Waals surface area contributed by atoms with Crippen LogP contribution in [0, 0.1) is 18.3 Å². The van der Waals surface area contributed by atoms with Crippen molar-refractivity contribution in [1.82, 2.24) is 4.57 Å². The predicted octanol–water partition coefficient (Wildman–Crippen LogP) is 4.25. The van der Waals surface area contributed by atoms with Gasteiger partial charge in [-0.25, -0.2) is 4.39 Å². The maximum Gasteiger partial charge on any atom is 0.192 e. The lowest BCUT2D eigenvalue weighted by atomic mass is 9.75. The quantitative estimate of drug-likeness (QED) is 0.682. The number of fused-ring (bicyclic) bond motifs is 1. The minimum Gasteiger partial charge on any atom is -0.385 e. The molecule has 0 saturated heterocycles. The van der Waals surface area contributed by atoms with Gasteiger partial charge in [-0.15, -0.1) is 0 Å². The van der Waals surface area contributed by atoms with Gasteiger partial charge in [0.25, 0.3) is 0 Å². The van der Waals surface area contributed by atoms with Crippen LogP contribution in [0.2, 0.25) is 0 Å². The number of alkyl halides is 1. The van der Waals surface area contributed by atoms with Crippen molar-refractivity contribution < 1.29 is 9.50 Å². The van der Waals surface area contributed by atoms with E-state index < -0.39 is 17.7 Å². The molecule has 0 saturated carbocycles. The van der Waals surface area contributed by atoms with Crippen LogP contribution in [0.5, 0.6) is 0 Å². The number of rotatable bonds is 6. The molecule has 1 aromatic heterocycles. The Morgan fingerprint density at radius 2 is 1.79 bits per heavy atom. The van der Waals surface area contributed by atoms with Crippen molar-refractivity contribution >= 4 is 10.9 Å². The van der Waals surface area contributed by atoms with Crippen molar-refractivity contribution in [2.45, 2.75) is 44.8 Å². The summed E-state index contributed by atoms with van der Waals surface area (Å²) in [5.74, 6) is 0. The predicted molar refractivity (Wildman–Crippen MR) is 113 cm³/mol. The number of pyridine rings is 1. The summed E-state index contributed by atoms with van der Waals surface area (Å²) in [6, 6.07) is 16.4. The molecule has 3 aromatic rings. The van der Waals surface area contributed by atoms with Crippen LogP contribution >= 0.6 is 0 Å². The number of nitrogens with zero attached hydrogens (tertiary/aromatic N) is 2. The Hall–Kier alpha value is -2.97. The van der Waals surface area contributed by atoms with Crippen LogP contribution in [0.15, 0.2) is 59.5 Å². The average Bonchev–Trinajstić information content (AvgIpc) is 2.71. The smallest absolute Gasteiger partial charge is 0.192 e. The van der Waals surface area contributed by atoms with Crippen LogP contribution in [0.25, 0.3) is 10.9 Å².